The zero-order chi connectivity index (χ0) is 25.0. The summed E-state index contributed by atoms with van der Waals surface area (Å²) >= 11 is 0. The van der Waals surface area contributed by atoms with E-state index in [2.05, 4.69) is 25.6 Å². The van der Waals surface area contributed by atoms with Crippen LogP contribution in [-0.4, -0.2) is 33.3 Å². The number of amides is 2. The van der Waals surface area contributed by atoms with Crippen LogP contribution in [0, 0.1) is 0 Å². The second-order valence-corrected chi connectivity index (χ2v) is 7.89. The molecule has 3 aromatic rings. The van der Waals surface area contributed by atoms with Gasteiger partial charge in [-0.1, -0.05) is 0 Å². The fourth-order valence-electron chi connectivity index (χ4n) is 3.73. The van der Waals surface area contributed by atoms with Crippen molar-refractivity contribution in [3.63, 3.8) is 0 Å². The number of carbonyl (C=O) groups is 2. The number of nitrogens with one attached hydrogen (secondary N) is 2. The van der Waals surface area contributed by atoms with Crippen LogP contribution in [0.2, 0.25) is 0 Å². The highest BCUT2D eigenvalue weighted by Crippen LogP contribution is 2.32. The number of anilines is 4. The zero-order valence-corrected chi connectivity index (χ0v) is 18.5. The lowest BCUT2D eigenvalue weighted by molar-refractivity contribution is -0.138. The van der Waals surface area contributed by atoms with E-state index in [1.165, 1.54) is 12.3 Å². The predicted octanol–water partition coefficient (Wildman–Crippen LogP) is 3.86. The molecule has 9 nitrogen and oxygen atoms in total. The molecule has 0 saturated carbocycles. The number of primary amides is 1. The van der Waals surface area contributed by atoms with Crippen LogP contribution in [0.5, 0.6) is 0 Å². The van der Waals surface area contributed by atoms with Crippen molar-refractivity contribution < 1.29 is 22.8 Å². The average molecular weight is 485 g/mol. The largest absolute Gasteiger partial charge is 0.416 e. The molecule has 4 rings (SSSR count). The van der Waals surface area contributed by atoms with Crippen LogP contribution in [0.15, 0.2) is 49.1 Å². The topological polar surface area (TPSA) is 126 Å². The maximum atomic E-state index is 13.3. The molecule has 4 N–H and O–H groups in total. The van der Waals surface area contributed by atoms with E-state index >= 15 is 0 Å². The fourth-order valence-corrected chi connectivity index (χ4v) is 3.73. The Labute approximate surface area is 198 Å². The minimum absolute atomic E-state index is 0.0138. The van der Waals surface area contributed by atoms with Crippen molar-refractivity contribution >= 4 is 34.8 Å². The molecule has 3 aromatic heterocycles. The molecule has 1 aliphatic rings. The molecule has 182 valence electrons. The van der Waals surface area contributed by atoms with Crippen LogP contribution in [0.25, 0.3) is 0 Å². The molecule has 35 heavy (non-hydrogen) atoms. The Bertz CT molecular complexity index is 1230. The number of rotatable bonds is 7. The lowest BCUT2D eigenvalue weighted by Crippen LogP contribution is -2.35. The van der Waals surface area contributed by atoms with Crippen molar-refractivity contribution in [1.29, 1.82) is 0 Å². The molecule has 0 aromatic carbocycles. The van der Waals surface area contributed by atoms with Crippen LogP contribution in [0.4, 0.5) is 36.2 Å². The summed E-state index contributed by atoms with van der Waals surface area (Å²) in [6, 6.07) is 5.78. The maximum Gasteiger partial charge on any atom is 0.416 e. The monoisotopic (exact) mass is 485 g/mol. The molecular formula is C23H22F3N7O2. The van der Waals surface area contributed by atoms with Crippen LogP contribution in [0.3, 0.4) is 0 Å². The minimum atomic E-state index is -4.55. The van der Waals surface area contributed by atoms with E-state index in [9.17, 15) is 22.8 Å². The summed E-state index contributed by atoms with van der Waals surface area (Å²) in [6.07, 6.45) is 2.74. The van der Waals surface area contributed by atoms with Crippen LogP contribution < -0.4 is 21.3 Å². The fraction of sp³-hybridized carbons (Fsp3) is 0.261. The Morgan fingerprint density at radius 2 is 1.89 bits per heavy atom. The van der Waals surface area contributed by atoms with Gasteiger partial charge in [0.2, 0.25) is 5.91 Å². The summed E-state index contributed by atoms with van der Waals surface area (Å²) in [5.74, 6) is -0.0212. The summed E-state index contributed by atoms with van der Waals surface area (Å²) in [5.41, 5.74) is 5.39. The number of halogens is 3. The van der Waals surface area contributed by atoms with Gasteiger partial charge in [0.15, 0.2) is 0 Å². The molecule has 0 bridgehead atoms. The molecule has 0 atom stereocenters. The molecule has 0 radical (unpaired) electrons. The van der Waals surface area contributed by atoms with Gasteiger partial charge in [-0.2, -0.15) is 13.2 Å². The van der Waals surface area contributed by atoms with Gasteiger partial charge in [-0.05, 0) is 31.0 Å². The second-order valence-electron chi connectivity index (χ2n) is 7.89. The van der Waals surface area contributed by atoms with Gasteiger partial charge in [0, 0.05) is 49.7 Å². The van der Waals surface area contributed by atoms with E-state index in [1.54, 1.807) is 23.2 Å². The predicted molar refractivity (Wildman–Crippen MR) is 123 cm³/mol. The van der Waals surface area contributed by atoms with Gasteiger partial charge in [-0.25, -0.2) is 9.97 Å². The van der Waals surface area contributed by atoms with Gasteiger partial charge >= 0.3 is 6.18 Å². The SMILES string of the molecule is NC(=O)c1cnc(Nc2ccc(N3CCCCC3=O)cn2)cc1NCc1cnccc1C(F)(F)F. The Morgan fingerprint density at radius 3 is 2.57 bits per heavy atom. The van der Waals surface area contributed by atoms with Gasteiger partial charge in [-0.3, -0.25) is 14.6 Å². The van der Waals surface area contributed by atoms with Crippen molar-refractivity contribution in [2.75, 3.05) is 22.1 Å². The Balaban J connectivity index is 1.52. The highest BCUT2D eigenvalue weighted by molar-refractivity contribution is 5.98. The third kappa shape index (κ3) is 5.65. The quantitative estimate of drug-likeness (QED) is 0.464. The lowest BCUT2D eigenvalue weighted by atomic mass is 10.1. The van der Waals surface area contributed by atoms with Crippen molar-refractivity contribution in [3.05, 3.63) is 65.7 Å². The third-order valence-electron chi connectivity index (χ3n) is 5.49. The van der Waals surface area contributed by atoms with E-state index in [-0.39, 0.29) is 35.1 Å². The molecule has 0 aliphatic carbocycles. The number of aromatic nitrogens is 3. The van der Waals surface area contributed by atoms with Crippen LogP contribution >= 0.6 is 0 Å². The summed E-state index contributed by atoms with van der Waals surface area (Å²) < 4.78 is 39.8. The van der Waals surface area contributed by atoms with E-state index in [0.29, 0.717) is 24.5 Å². The zero-order valence-electron chi connectivity index (χ0n) is 18.5. The number of nitrogens with two attached hydrogens (primary N) is 1. The first-order chi connectivity index (χ1) is 16.7. The molecule has 12 heteroatoms. The number of piperidine rings is 1. The molecule has 1 saturated heterocycles. The molecule has 1 aliphatic heterocycles. The first kappa shape index (κ1) is 23.9. The number of alkyl halides is 3. The van der Waals surface area contributed by atoms with Gasteiger partial charge in [0.05, 0.1) is 28.7 Å². The highest BCUT2D eigenvalue weighted by Gasteiger charge is 2.33. The Hall–Kier alpha value is -4.22. The molecule has 1 fully saturated rings. The summed E-state index contributed by atoms with van der Waals surface area (Å²) in [5, 5.41) is 5.80. The van der Waals surface area contributed by atoms with E-state index in [1.807, 2.05) is 0 Å². The maximum absolute atomic E-state index is 13.3. The van der Waals surface area contributed by atoms with Crippen molar-refractivity contribution in [2.45, 2.75) is 32.0 Å². The molecule has 4 heterocycles. The summed E-state index contributed by atoms with van der Waals surface area (Å²) in [4.78, 5) is 37.8. The van der Waals surface area contributed by atoms with Gasteiger partial charge in [0.25, 0.3) is 5.91 Å². The van der Waals surface area contributed by atoms with E-state index in [0.717, 1.165) is 31.3 Å². The smallest absolute Gasteiger partial charge is 0.380 e. The molecular weight excluding hydrogens is 463 g/mol. The Kier molecular flexibility index (Phi) is 6.80. The minimum Gasteiger partial charge on any atom is -0.380 e. The van der Waals surface area contributed by atoms with Gasteiger partial charge < -0.3 is 21.3 Å². The van der Waals surface area contributed by atoms with Gasteiger partial charge in [-0.15, -0.1) is 0 Å². The van der Waals surface area contributed by atoms with Crippen LogP contribution in [-0.2, 0) is 17.5 Å². The number of hydrogen-bond donors (Lipinski definition) is 3. The number of carbonyl (C=O) groups excluding carboxylic acids is 2. The molecule has 0 unspecified atom stereocenters. The lowest BCUT2D eigenvalue weighted by Gasteiger charge is -2.26. The highest BCUT2D eigenvalue weighted by atomic mass is 19.4. The average Bonchev–Trinajstić information content (AvgIpc) is 2.83. The summed E-state index contributed by atoms with van der Waals surface area (Å²) in [6.45, 7) is 0.397. The van der Waals surface area contributed by atoms with Gasteiger partial charge in [0.1, 0.15) is 11.6 Å². The number of hydrogen-bond acceptors (Lipinski definition) is 7. The molecule has 2 amide bonds. The summed E-state index contributed by atoms with van der Waals surface area (Å²) in [7, 11) is 0. The van der Waals surface area contributed by atoms with Crippen molar-refractivity contribution in [3.8, 4) is 0 Å². The standard InChI is InChI=1S/C23H22F3N7O2/c24-23(25,26)17-6-7-28-10-14(17)11-29-18-9-20(31-13-16(18)22(27)35)32-19-5-4-15(12-30-19)33-8-2-1-3-21(33)34/h4-7,9-10,12-13H,1-3,8,11H2,(H2,27,35)(H2,29,30,31,32). The van der Waals surface area contributed by atoms with E-state index in [4.69, 9.17) is 5.73 Å². The van der Waals surface area contributed by atoms with Crippen molar-refractivity contribution in [1.82, 2.24) is 15.0 Å². The van der Waals surface area contributed by atoms with Crippen molar-refractivity contribution in [2.24, 2.45) is 5.73 Å². The third-order valence-corrected chi connectivity index (χ3v) is 5.49. The van der Waals surface area contributed by atoms with Crippen LogP contribution in [0.1, 0.15) is 40.7 Å². The first-order valence-electron chi connectivity index (χ1n) is 10.8. The number of pyridine rings is 3. The molecule has 0 spiro atoms. The van der Waals surface area contributed by atoms with E-state index < -0.39 is 17.6 Å². The second kappa shape index (κ2) is 9.95. The Morgan fingerprint density at radius 1 is 1.09 bits per heavy atom. The normalized spacial score (nSPS) is 14.0. The first-order valence-corrected chi connectivity index (χ1v) is 10.8. The number of nitrogens with zero attached hydrogens (tertiary/aromatic N) is 4.